The molecule has 0 aliphatic carbocycles. The third-order valence-corrected chi connectivity index (χ3v) is 3.15. The van der Waals surface area contributed by atoms with Crippen molar-refractivity contribution in [3.05, 3.63) is 47.3 Å². The van der Waals surface area contributed by atoms with Gasteiger partial charge < -0.3 is 10.6 Å². The summed E-state index contributed by atoms with van der Waals surface area (Å²) in [6.45, 7) is 9.04. The zero-order valence-corrected chi connectivity index (χ0v) is 12.6. The Morgan fingerprint density at radius 3 is 2.30 bits per heavy atom. The summed E-state index contributed by atoms with van der Waals surface area (Å²) in [7, 11) is 0. The average Bonchev–Trinajstić information content (AvgIpc) is 2.34. The SMILES string of the molecule is Cc1cc(C)nc(N(Cc2cccc(N)c2)C(C)C)n1. The number of anilines is 2. The first-order valence-electron chi connectivity index (χ1n) is 6.89. The Hall–Kier alpha value is -2.10. The van der Waals surface area contributed by atoms with E-state index in [0.717, 1.165) is 29.6 Å². The molecule has 106 valence electrons. The molecule has 0 saturated carbocycles. The van der Waals surface area contributed by atoms with E-state index in [9.17, 15) is 0 Å². The lowest BCUT2D eigenvalue weighted by Gasteiger charge is -2.27. The quantitative estimate of drug-likeness (QED) is 0.867. The minimum absolute atomic E-state index is 0.317. The lowest BCUT2D eigenvalue weighted by Crippen LogP contribution is -2.32. The first kappa shape index (κ1) is 14.3. The number of nitrogen functional groups attached to an aromatic ring is 1. The highest BCUT2D eigenvalue weighted by atomic mass is 15.3. The van der Waals surface area contributed by atoms with Crippen molar-refractivity contribution in [1.29, 1.82) is 0 Å². The second kappa shape index (κ2) is 5.90. The van der Waals surface area contributed by atoms with Crippen LogP contribution in [0.3, 0.4) is 0 Å². The summed E-state index contributed by atoms with van der Waals surface area (Å²) in [5, 5.41) is 0. The summed E-state index contributed by atoms with van der Waals surface area (Å²) >= 11 is 0. The van der Waals surface area contributed by atoms with Crippen molar-refractivity contribution in [2.24, 2.45) is 0 Å². The van der Waals surface area contributed by atoms with E-state index in [1.165, 1.54) is 5.56 Å². The van der Waals surface area contributed by atoms with Crippen LogP contribution in [0, 0.1) is 13.8 Å². The lowest BCUT2D eigenvalue weighted by atomic mass is 10.1. The number of hydrogen-bond acceptors (Lipinski definition) is 4. The highest BCUT2D eigenvalue weighted by Gasteiger charge is 2.15. The largest absolute Gasteiger partial charge is 0.399 e. The molecule has 20 heavy (non-hydrogen) atoms. The molecule has 0 unspecified atom stereocenters. The molecular weight excluding hydrogens is 248 g/mol. The minimum Gasteiger partial charge on any atom is -0.399 e. The Morgan fingerprint density at radius 1 is 1.10 bits per heavy atom. The predicted molar refractivity (Wildman–Crippen MR) is 83.7 cm³/mol. The van der Waals surface area contributed by atoms with Crippen molar-refractivity contribution >= 4 is 11.6 Å². The van der Waals surface area contributed by atoms with Gasteiger partial charge in [-0.2, -0.15) is 0 Å². The van der Waals surface area contributed by atoms with Gasteiger partial charge in [0, 0.05) is 29.7 Å². The summed E-state index contributed by atoms with van der Waals surface area (Å²) in [4.78, 5) is 11.3. The van der Waals surface area contributed by atoms with Gasteiger partial charge in [-0.1, -0.05) is 12.1 Å². The third kappa shape index (κ3) is 3.47. The van der Waals surface area contributed by atoms with E-state index in [2.05, 4.69) is 34.8 Å². The van der Waals surface area contributed by atoms with Gasteiger partial charge in [0.05, 0.1) is 0 Å². The zero-order chi connectivity index (χ0) is 14.7. The fourth-order valence-corrected chi connectivity index (χ4v) is 2.21. The fraction of sp³-hybridized carbons (Fsp3) is 0.375. The van der Waals surface area contributed by atoms with Gasteiger partial charge in [-0.3, -0.25) is 0 Å². The van der Waals surface area contributed by atoms with Gasteiger partial charge in [-0.05, 0) is 51.5 Å². The number of aromatic nitrogens is 2. The molecule has 2 N–H and O–H groups in total. The van der Waals surface area contributed by atoms with E-state index in [1.807, 2.05) is 38.1 Å². The van der Waals surface area contributed by atoms with Gasteiger partial charge in [0.25, 0.3) is 0 Å². The topological polar surface area (TPSA) is 55.0 Å². The van der Waals surface area contributed by atoms with Gasteiger partial charge in [-0.15, -0.1) is 0 Å². The maximum atomic E-state index is 5.85. The second-order valence-electron chi connectivity index (χ2n) is 5.42. The van der Waals surface area contributed by atoms with E-state index in [4.69, 9.17) is 5.73 Å². The maximum absolute atomic E-state index is 5.85. The molecule has 0 radical (unpaired) electrons. The van der Waals surface area contributed by atoms with Crippen LogP contribution in [0.15, 0.2) is 30.3 Å². The van der Waals surface area contributed by atoms with Crippen LogP contribution in [0.4, 0.5) is 11.6 Å². The summed E-state index contributed by atoms with van der Waals surface area (Å²) < 4.78 is 0. The number of rotatable bonds is 4. The van der Waals surface area contributed by atoms with E-state index in [-0.39, 0.29) is 0 Å². The normalized spacial score (nSPS) is 10.8. The molecule has 4 heteroatoms. The van der Waals surface area contributed by atoms with E-state index < -0.39 is 0 Å². The summed E-state index contributed by atoms with van der Waals surface area (Å²) in [5.41, 5.74) is 9.78. The van der Waals surface area contributed by atoms with Crippen molar-refractivity contribution in [1.82, 2.24) is 9.97 Å². The Kier molecular flexibility index (Phi) is 4.23. The van der Waals surface area contributed by atoms with Crippen LogP contribution in [0.2, 0.25) is 0 Å². The smallest absolute Gasteiger partial charge is 0.226 e. The standard InChI is InChI=1S/C16H22N4/c1-11(2)20(10-14-6-5-7-15(17)9-14)16-18-12(3)8-13(4)19-16/h5-9,11H,10,17H2,1-4H3. The monoisotopic (exact) mass is 270 g/mol. The van der Waals surface area contributed by atoms with Crippen LogP contribution in [-0.4, -0.2) is 16.0 Å². The van der Waals surface area contributed by atoms with Crippen molar-refractivity contribution in [2.45, 2.75) is 40.3 Å². The first-order valence-corrected chi connectivity index (χ1v) is 6.89. The Balaban J connectivity index is 2.31. The van der Waals surface area contributed by atoms with Crippen LogP contribution < -0.4 is 10.6 Å². The molecule has 2 aromatic rings. The van der Waals surface area contributed by atoms with Crippen LogP contribution in [-0.2, 0) is 6.54 Å². The van der Waals surface area contributed by atoms with Gasteiger partial charge in [0.1, 0.15) is 0 Å². The first-order chi connectivity index (χ1) is 9.45. The molecule has 2 rings (SSSR count). The summed E-state index contributed by atoms with van der Waals surface area (Å²) in [6.07, 6.45) is 0. The van der Waals surface area contributed by atoms with Crippen molar-refractivity contribution in [2.75, 3.05) is 10.6 Å². The summed E-state index contributed by atoms with van der Waals surface area (Å²) in [6, 6.07) is 10.3. The molecule has 0 amide bonds. The van der Waals surface area contributed by atoms with E-state index in [0.29, 0.717) is 6.04 Å². The molecule has 0 aliphatic heterocycles. The number of benzene rings is 1. The molecule has 0 bridgehead atoms. The molecule has 0 saturated heterocycles. The van der Waals surface area contributed by atoms with Crippen molar-refractivity contribution < 1.29 is 0 Å². The Morgan fingerprint density at radius 2 is 1.75 bits per heavy atom. The highest BCUT2D eigenvalue weighted by molar-refractivity contribution is 5.43. The maximum Gasteiger partial charge on any atom is 0.226 e. The van der Waals surface area contributed by atoms with Crippen LogP contribution in [0.5, 0.6) is 0 Å². The highest BCUT2D eigenvalue weighted by Crippen LogP contribution is 2.18. The van der Waals surface area contributed by atoms with Gasteiger partial charge in [0.15, 0.2) is 0 Å². The fourth-order valence-electron chi connectivity index (χ4n) is 2.21. The Bertz CT molecular complexity index is 573. The minimum atomic E-state index is 0.317. The molecule has 1 aromatic heterocycles. The van der Waals surface area contributed by atoms with Gasteiger partial charge >= 0.3 is 0 Å². The van der Waals surface area contributed by atoms with E-state index in [1.54, 1.807) is 0 Å². The lowest BCUT2D eigenvalue weighted by molar-refractivity contribution is 0.657. The molecule has 4 nitrogen and oxygen atoms in total. The average molecular weight is 270 g/mol. The van der Waals surface area contributed by atoms with Gasteiger partial charge in [-0.25, -0.2) is 9.97 Å². The second-order valence-corrected chi connectivity index (χ2v) is 5.42. The number of nitrogens with two attached hydrogens (primary N) is 1. The van der Waals surface area contributed by atoms with E-state index >= 15 is 0 Å². The molecule has 0 fully saturated rings. The van der Waals surface area contributed by atoms with Crippen LogP contribution in [0.1, 0.15) is 30.8 Å². The zero-order valence-electron chi connectivity index (χ0n) is 12.6. The number of hydrogen-bond donors (Lipinski definition) is 1. The van der Waals surface area contributed by atoms with Crippen LogP contribution in [0.25, 0.3) is 0 Å². The van der Waals surface area contributed by atoms with Crippen molar-refractivity contribution in [3.8, 4) is 0 Å². The molecule has 1 aromatic carbocycles. The summed E-state index contributed by atoms with van der Waals surface area (Å²) in [5.74, 6) is 0.778. The van der Waals surface area contributed by atoms with Crippen LogP contribution >= 0.6 is 0 Å². The predicted octanol–water partition coefficient (Wildman–Crippen LogP) is 3.09. The third-order valence-electron chi connectivity index (χ3n) is 3.15. The number of aryl methyl sites for hydroxylation is 2. The molecule has 1 heterocycles. The molecular formula is C16H22N4. The molecule has 0 spiro atoms. The van der Waals surface area contributed by atoms with Gasteiger partial charge in [0.2, 0.25) is 5.95 Å². The Labute approximate surface area is 120 Å². The molecule has 0 aliphatic rings. The van der Waals surface area contributed by atoms with Crippen molar-refractivity contribution in [3.63, 3.8) is 0 Å². The number of nitrogens with zero attached hydrogens (tertiary/aromatic N) is 3. The molecule has 0 atom stereocenters.